The van der Waals surface area contributed by atoms with E-state index in [1.165, 1.54) is 42.4 Å². The molecule has 1 aliphatic heterocycles. The van der Waals surface area contributed by atoms with Gasteiger partial charge in [-0.1, -0.05) is 18.2 Å². The zero-order valence-corrected chi connectivity index (χ0v) is 10.3. The Balaban J connectivity index is 1.87. The molecule has 2 unspecified atom stereocenters. The molecule has 2 aliphatic rings. The SMILES string of the molecule is OCC1CCCNC1c1ccc2c(c1)CCC2. The lowest BCUT2D eigenvalue weighted by molar-refractivity contribution is 0.160. The van der Waals surface area contributed by atoms with E-state index in [-0.39, 0.29) is 0 Å². The summed E-state index contributed by atoms with van der Waals surface area (Å²) in [6.07, 6.45) is 6.12. The van der Waals surface area contributed by atoms with Gasteiger partial charge in [-0.25, -0.2) is 0 Å². The van der Waals surface area contributed by atoms with Crippen molar-refractivity contribution in [2.45, 2.75) is 38.1 Å². The molecule has 0 spiro atoms. The van der Waals surface area contributed by atoms with Gasteiger partial charge in [0.1, 0.15) is 0 Å². The summed E-state index contributed by atoms with van der Waals surface area (Å²) in [6, 6.07) is 7.28. The Hall–Kier alpha value is -0.860. The molecule has 0 amide bonds. The van der Waals surface area contributed by atoms with Gasteiger partial charge in [-0.2, -0.15) is 0 Å². The zero-order chi connectivity index (χ0) is 11.7. The van der Waals surface area contributed by atoms with Gasteiger partial charge in [-0.15, -0.1) is 0 Å². The molecule has 2 heteroatoms. The number of rotatable bonds is 2. The van der Waals surface area contributed by atoms with E-state index in [9.17, 15) is 5.11 Å². The Morgan fingerprint density at radius 1 is 1.18 bits per heavy atom. The predicted molar refractivity (Wildman–Crippen MR) is 69.0 cm³/mol. The van der Waals surface area contributed by atoms with Crippen molar-refractivity contribution in [3.05, 3.63) is 34.9 Å². The normalized spacial score (nSPS) is 28.1. The minimum Gasteiger partial charge on any atom is -0.396 e. The summed E-state index contributed by atoms with van der Waals surface area (Å²) in [5.41, 5.74) is 4.45. The molecule has 2 atom stereocenters. The standard InChI is InChI=1S/C15H21NO/c17-10-14-5-2-8-16-15(14)13-7-6-11-3-1-4-12(11)9-13/h6-7,9,14-17H,1-5,8,10H2. The molecule has 2 N–H and O–H groups in total. The van der Waals surface area contributed by atoms with Crippen molar-refractivity contribution in [2.75, 3.05) is 13.2 Å². The smallest absolute Gasteiger partial charge is 0.0477 e. The third-order valence-corrected chi connectivity index (χ3v) is 4.30. The Morgan fingerprint density at radius 2 is 2.06 bits per heavy atom. The fourth-order valence-electron chi connectivity index (χ4n) is 3.33. The number of piperidine rings is 1. The van der Waals surface area contributed by atoms with Gasteiger partial charge in [0.2, 0.25) is 0 Å². The van der Waals surface area contributed by atoms with E-state index in [0.29, 0.717) is 18.6 Å². The topological polar surface area (TPSA) is 32.3 Å². The average molecular weight is 231 g/mol. The van der Waals surface area contributed by atoms with Crippen molar-refractivity contribution < 1.29 is 5.11 Å². The van der Waals surface area contributed by atoms with Crippen LogP contribution in [0.5, 0.6) is 0 Å². The maximum Gasteiger partial charge on any atom is 0.0477 e. The van der Waals surface area contributed by atoms with Gasteiger partial charge >= 0.3 is 0 Å². The molecule has 1 heterocycles. The maximum absolute atomic E-state index is 9.48. The first kappa shape index (κ1) is 11.2. The maximum atomic E-state index is 9.48. The molecule has 0 bridgehead atoms. The van der Waals surface area contributed by atoms with Gasteiger partial charge in [0, 0.05) is 18.6 Å². The fraction of sp³-hybridized carbons (Fsp3) is 0.600. The summed E-state index contributed by atoms with van der Waals surface area (Å²) in [6.45, 7) is 1.38. The van der Waals surface area contributed by atoms with Crippen LogP contribution < -0.4 is 5.32 Å². The highest BCUT2D eigenvalue weighted by molar-refractivity contribution is 5.36. The molecule has 0 saturated carbocycles. The summed E-state index contributed by atoms with van der Waals surface area (Å²) in [5, 5.41) is 13.0. The van der Waals surface area contributed by atoms with Crippen molar-refractivity contribution in [3.63, 3.8) is 0 Å². The van der Waals surface area contributed by atoms with E-state index in [1.54, 1.807) is 0 Å². The quantitative estimate of drug-likeness (QED) is 0.818. The van der Waals surface area contributed by atoms with Crippen molar-refractivity contribution in [1.29, 1.82) is 0 Å². The number of fused-ring (bicyclic) bond motifs is 1. The number of hydrogen-bond acceptors (Lipinski definition) is 2. The molecule has 1 fully saturated rings. The van der Waals surface area contributed by atoms with Crippen LogP contribution in [0.4, 0.5) is 0 Å². The Bertz CT molecular complexity index is 402. The lowest BCUT2D eigenvalue weighted by Crippen LogP contribution is -2.35. The van der Waals surface area contributed by atoms with Gasteiger partial charge in [0.15, 0.2) is 0 Å². The first-order chi connectivity index (χ1) is 8.38. The minimum atomic E-state index is 0.300. The number of nitrogens with one attached hydrogen (secondary N) is 1. The molecule has 1 aliphatic carbocycles. The molecule has 1 aromatic rings. The van der Waals surface area contributed by atoms with Crippen LogP contribution in [0.3, 0.4) is 0 Å². The van der Waals surface area contributed by atoms with Crippen molar-refractivity contribution in [1.82, 2.24) is 5.32 Å². The summed E-state index contributed by atoms with van der Waals surface area (Å²) in [4.78, 5) is 0. The molecular weight excluding hydrogens is 210 g/mol. The predicted octanol–water partition coefficient (Wildman–Crippen LogP) is 2.21. The first-order valence-electron chi connectivity index (χ1n) is 6.84. The third kappa shape index (κ3) is 2.12. The molecule has 1 aromatic carbocycles. The van der Waals surface area contributed by atoms with E-state index in [1.807, 2.05) is 0 Å². The number of benzene rings is 1. The van der Waals surface area contributed by atoms with E-state index in [2.05, 4.69) is 23.5 Å². The van der Waals surface area contributed by atoms with Gasteiger partial charge in [-0.3, -0.25) is 0 Å². The lowest BCUT2D eigenvalue weighted by Gasteiger charge is -2.32. The highest BCUT2D eigenvalue weighted by atomic mass is 16.3. The highest BCUT2D eigenvalue weighted by Crippen LogP contribution is 2.32. The van der Waals surface area contributed by atoms with Crippen molar-refractivity contribution in [2.24, 2.45) is 5.92 Å². The summed E-state index contributed by atoms with van der Waals surface area (Å²) in [5.74, 6) is 0.392. The van der Waals surface area contributed by atoms with E-state index in [4.69, 9.17) is 0 Å². The minimum absolute atomic E-state index is 0.300. The molecule has 1 saturated heterocycles. The van der Waals surface area contributed by atoms with E-state index < -0.39 is 0 Å². The fourth-order valence-corrected chi connectivity index (χ4v) is 3.33. The van der Waals surface area contributed by atoms with Crippen LogP contribution in [-0.2, 0) is 12.8 Å². The van der Waals surface area contributed by atoms with Crippen molar-refractivity contribution >= 4 is 0 Å². The summed E-state index contributed by atoms with van der Waals surface area (Å²) in [7, 11) is 0. The Labute approximate surface area is 103 Å². The molecular formula is C15H21NO. The van der Waals surface area contributed by atoms with Crippen LogP contribution in [0, 0.1) is 5.92 Å². The molecule has 0 radical (unpaired) electrons. The van der Waals surface area contributed by atoms with Crippen LogP contribution in [0.25, 0.3) is 0 Å². The first-order valence-corrected chi connectivity index (χ1v) is 6.84. The van der Waals surface area contributed by atoms with Gasteiger partial charge in [-0.05, 0) is 55.3 Å². The second-order valence-electron chi connectivity index (χ2n) is 5.40. The molecule has 17 heavy (non-hydrogen) atoms. The number of aliphatic hydroxyl groups excluding tert-OH is 1. The van der Waals surface area contributed by atoms with Crippen LogP contribution >= 0.6 is 0 Å². The average Bonchev–Trinajstić information content (AvgIpc) is 2.85. The van der Waals surface area contributed by atoms with Gasteiger partial charge in [0.05, 0.1) is 0 Å². The lowest BCUT2D eigenvalue weighted by atomic mass is 9.86. The number of aryl methyl sites for hydroxylation is 2. The monoisotopic (exact) mass is 231 g/mol. The van der Waals surface area contributed by atoms with Gasteiger partial charge < -0.3 is 10.4 Å². The summed E-state index contributed by atoms with van der Waals surface area (Å²) >= 11 is 0. The Kier molecular flexibility index (Phi) is 3.17. The summed E-state index contributed by atoms with van der Waals surface area (Å²) < 4.78 is 0. The van der Waals surface area contributed by atoms with Crippen LogP contribution in [-0.4, -0.2) is 18.3 Å². The second kappa shape index (κ2) is 4.79. The van der Waals surface area contributed by atoms with Crippen LogP contribution in [0.1, 0.15) is 42.0 Å². The van der Waals surface area contributed by atoms with E-state index in [0.717, 1.165) is 13.0 Å². The van der Waals surface area contributed by atoms with Crippen LogP contribution in [0.15, 0.2) is 18.2 Å². The van der Waals surface area contributed by atoms with E-state index >= 15 is 0 Å². The largest absolute Gasteiger partial charge is 0.396 e. The Morgan fingerprint density at radius 3 is 2.94 bits per heavy atom. The molecule has 0 aromatic heterocycles. The zero-order valence-electron chi connectivity index (χ0n) is 10.3. The number of hydrogen-bond donors (Lipinski definition) is 2. The third-order valence-electron chi connectivity index (χ3n) is 4.30. The van der Waals surface area contributed by atoms with Crippen molar-refractivity contribution in [3.8, 4) is 0 Å². The second-order valence-corrected chi connectivity index (χ2v) is 5.40. The number of aliphatic hydroxyl groups is 1. The molecule has 92 valence electrons. The van der Waals surface area contributed by atoms with Gasteiger partial charge in [0.25, 0.3) is 0 Å². The van der Waals surface area contributed by atoms with Crippen LogP contribution in [0.2, 0.25) is 0 Å². The highest BCUT2D eigenvalue weighted by Gasteiger charge is 2.26. The molecule has 2 nitrogen and oxygen atoms in total. The molecule has 3 rings (SSSR count).